The number of sulfonamides is 1. The third kappa shape index (κ3) is 2.46. The van der Waals surface area contributed by atoms with Gasteiger partial charge in [0.1, 0.15) is 10.8 Å². The SMILES string of the molecule is NC(=S)c1ccc(N2CCCCS2(=O)=O)c(F)c1. The molecule has 0 saturated carbocycles. The molecule has 1 aromatic carbocycles. The highest BCUT2D eigenvalue weighted by atomic mass is 32.2. The summed E-state index contributed by atoms with van der Waals surface area (Å²) in [5, 5.41) is 0. The number of thiocarbonyl (C=S) groups is 1. The van der Waals surface area contributed by atoms with E-state index < -0.39 is 15.8 Å². The van der Waals surface area contributed by atoms with Crippen LogP contribution in [0.15, 0.2) is 18.2 Å². The Kier molecular flexibility index (Phi) is 3.54. The first kappa shape index (κ1) is 13.2. The molecule has 2 rings (SSSR count). The maximum absolute atomic E-state index is 13.9. The zero-order valence-electron chi connectivity index (χ0n) is 9.60. The molecule has 1 saturated heterocycles. The first-order valence-corrected chi connectivity index (χ1v) is 7.53. The summed E-state index contributed by atoms with van der Waals surface area (Å²) in [6.07, 6.45) is 1.35. The summed E-state index contributed by atoms with van der Waals surface area (Å²) in [6, 6.07) is 4.11. The maximum Gasteiger partial charge on any atom is 0.235 e. The largest absolute Gasteiger partial charge is 0.389 e. The molecule has 0 unspecified atom stereocenters. The van der Waals surface area contributed by atoms with E-state index in [1.807, 2.05) is 0 Å². The molecule has 0 amide bonds. The zero-order chi connectivity index (χ0) is 13.3. The molecule has 1 heterocycles. The second-order valence-corrected chi connectivity index (χ2v) is 6.58. The summed E-state index contributed by atoms with van der Waals surface area (Å²) in [5.74, 6) is -0.561. The Morgan fingerprint density at radius 1 is 1.39 bits per heavy atom. The van der Waals surface area contributed by atoms with Crippen molar-refractivity contribution in [1.29, 1.82) is 0 Å². The van der Waals surface area contributed by atoms with Gasteiger partial charge in [-0.15, -0.1) is 0 Å². The standard InChI is InChI=1S/C11H13FN2O2S2/c12-9-7-8(11(13)17)3-4-10(9)14-5-1-2-6-18(14,15)16/h3-4,7H,1-2,5-6H2,(H2,13,17). The van der Waals surface area contributed by atoms with E-state index in [-0.39, 0.29) is 16.4 Å². The van der Waals surface area contributed by atoms with Crippen LogP contribution in [-0.4, -0.2) is 25.7 Å². The van der Waals surface area contributed by atoms with Crippen molar-refractivity contribution in [3.63, 3.8) is 0 Å². The second-order valence-electron chi connectivity index (χ2n) is 4.13. The molecule has 0 atom stereocenters. The van der Waals surface area contributed by atoms with Crippen LogP contribution in [0.3, 0.4) is 0 Å². The number of anilines is 1. The van der Waals surface area contributed by atoms with E-state index in [1.165, 1.54) is 18.2 Å². The number of benzene rings is 1. The van der Waals surface area contributed by atoms with E-state index in [9.17, 15) is 12.8 Å². The van der Waals surface area contributed by atoms with Crippen LogP contribution in [0.1, 0.15) is 18.4 Å². The van der Waals surface area contributed by atoms with Crippen molar-refractivity contribution in [2.75, 3.05) is 16.6 Å². The minimum absolute atomic E-state index is 0.0590. The molecular formula is C11H13FN2O2S2. The summed E-state index contributed by atoms with van der Waals surface area (Å²) < 4.78 is 38.8. The Morgan fingerprint density at radius 3 is 2.67 bits per heavy atom. The summed E-state index contributed by atoms with van der Waals surface area (Å²) in [5.41, 5.74) is 5.85. The Morgan fingerprint density at radius 2 is 2.11 bits per heavy atom. The number of nitrogens with zero attached hydrogens (tertiary/aromatic N) is 1. The topological polar surface area (TPSA) is 63.4 Å². The van der Waals surface area contributed by atoms with Crippen molar-refractivity contribution in [2.45, 2.75) is 12.8 Å². The van der Waals surface area contributed by atoms with Gasteiger partial charge in [0.15, 0.2) is 0 Å². The molecule has 1 aliphatic heterocycles. The van der Waals surface area contributed by atoms with Gasteiger partial charge in [-0.3, -0.25) is 4.31 Å². The smallest absolute Gasteiger partial charge is 0.235 e. The molecule has 98 valence electrons. The van der Waals surface area contributed by atoms with Crippen molar-refractivity contribution in [2.24, 2.45) is 5.73 Å². The van der Waals surface area contributed by atoms with Gasteiger partial charge in [0, 0.05) is 12.1 Å². The fourth-order valence-electron chi connectivity index (χ4n) is 1.92. The Balaban J connectivity index is 2.42. The predicted octanol–water partition coefficient (Wildman–Crippen LogP) is 1.39. The third-order valence-corrected chi connectivity index (χ3v) is 4.94. The minimum atomic E-state index is -3.40. The highest BCUT2D eigenvalue weighted by Gasteiger charge is 2.28. The summed E-state index contributed by atoms with van der Waals surface area (Å²) in [4.78, 5) is 0.0851. The molecule has 0 radical (unpaired) electrons. The first-order chi connectivity index (χ1) is 8.42. The van der Waals surface area contributed by atoms with E-state index in [0.717, 1.165) is 10.7 Å². The van der Waals surface area contributed by atoms with Gasteiger partial charge < -0.3 is 5.73 Å². The van der Waals surface area contributed by atoms with Crippen LogP contribution in [0.5, 0.6) is 0 Å². The number of rotatable bonds is 2. The van der Waals surface area contributed by atoms with E-state index in [1.54, 1.807) is 0 Å². The van der Waals surface area contributed by atoms with Gasteiger partial charge >= 0.3 is 0 Å². The Hall–Kier alpha value is -1.21. The third-order valence-electron chi connectivity index (χ3n) is 2.85. The molecule has 4 nitrogen and oxygen atoms in total. The lowest BCUT2D eigenvalue weighted by Gasteiger charge is -2.28. The maximum atomic E-state index is 13.9. The lowest BCUT2D eigenvalue weighted by Crippen LogP contribution is -2.38. The average Bonchev–Trinajstić information content (AvgIpc) is 2.29. The van der Waals surface area contributed by atoms with Crippen LogP contribution < -0.4 is 10.0 Å². The molecule has 0 aliphatic carbocycles. The summed E-state index contributed by atoms with van der Waals surface area (Å²) in [6.45, 7) is 0.311. The molecule has 18 heavy (non-hydrogen) atoms. The highest BCUT2D eigenvalue weighted by Crippen LogP contribution is 2.26. The molecule has 2 N–H and O–H groups in total. The molecular weight excluding hydrogens is 275 g/mol. The van der Waals surface area contributed by atoms with Crippen molar-refractivity contribution >= 4 is 32.9 Å². The van der Waals surface area contributed by atoms with Gasteiger partial charge in [-0.2, -0.15) is 0 Å². The highest BCUT2D eigenvalue weighted by molar-refractivity contribution is 7.92. The lowest BCUT2D eigenvalue weighted by molar-refractivity contribution is 0.568. The fourth-order valence-corrected chi connectivity index (χ4v) is 3.69. The molecule has 1 fully saturated rings. The minimum Gasteiger partial charge on any atom is -0.389 e. The van der Waals surface area contributed by atoms with Gasteiger partial charge in [0.25, 0.3) is 0 Å². The summed E-state index contributed by atoms with van der Waals surface area (Å²) in [7, 11) is -3.40. The van der Waals surface area contributed by atoms with Gasteiger partial charge in [-0.1, -0.05) is 12.2 Å². The van der Waals surface area contributed by atoms with Crippen molar-refractivity contribution in [3.05, 3.63) is 29.6 Å². The first-order valence-electron chi connectivity index (χ1n) is 5.51. The van der Waals surface area contributed by atoms with E-state index >= 15 is 0 Å². The molecule has 0 bridgehead atoms. The molecule has 7 heteroatoms. The number of hydrogen-bond acceptors (Lipinski definition) is 3. The van der Waals surface area contributed by atoms with Crippen LogP contribution >= 0.6 is 12.2 Å². The van der Waals surface area contributed by atoms with Crippen molar-refractivity contribution in [3.8, 4) is 0 Å². The molecule has 0 aromatic heterocycles. The van der Waals surface area contributed by atoms with Crippen LogP contribution in [0.2, 0.25) is 0 Å². The van der Waals surface area contributed by atoms with Gasteiger partial charge in [-0.25, -0.2) is 12.8 Å². The second kappa shape index (κ2) is 4.81. The van der Waals surface area contributed by atoms with E-state index in [0.29, 0.717) is 18.5 Å². The van der Waals surface area contributed by atoms with Crippen LogP contribution in [-0.2, 0) is 10.0 Å². The Bertz CT molecular complexity index is 587. The van der Waals surface area contributed by atoms with E-state index in [4.69, 9.17) is 18.0 Å². The number of halogens is 1. The predicted molar refractivity (Wildman–Crippen MR) is 72.7 cm³/mol. The summed E-state index contributed by atoms with van der Waals surface area (Å²) >= 11 is 4.75. The van der Waals surface area contributed by atoms with Crippen molar-refractivity contribution < 1.29 is 12.8 Å². The number of nitrogens with two attached hydrogens (primary N) is 1. The zero-order valence-corrected chi connectivity index (χ0v) is 11.2. The lowest BCUT2D eigenvalue weighted by atomic mass is 10.2. The number of hydrogen-bond donors (Lipinski definition) is 1. The molecule has 1 aromatic rings. The van der Waals surface area contributed by atoms with Crippen LogP contribution in [0.25, 0.3) is 0 Å². The average molecular weight is 288 g/mol. The Labute approximate surface area is 111 Å². The van der Waals surface area contributed by atoms with E-state index in [2.05, 4.69) is 0 Å². The van der Waals surface area contributed by atoms with Crippen molar-refractivity contribution in [1.82, 2.24) is 0 Å². The normalized spacial score (nSPS) is 18.6. The van der Waals surface area contributed by atoms with Crippen LogP contribution in [0.4, 0.5) is 10.1 Å². The van der Waals surface area contributed by atoms with Gasteiger partial charge in [0.05, 0.1) is 11.4 Å². The fraction of sp³-hybridized carbons (Fsp3) is 0.364. The molecule has 1 aliphatic rings. The van der Waals surface area contributed by atoms with Gasteiger partial charge in [-0.05, 0) is 31.0 Å². The van der Waals surface area contributed by atoms with Crippen LogP contribution in [0, 0.1) is 5.82 Å². The van der Waals surface area contributed by atoms with Gasteiger partial charge in [0.2, 0.25) is 10.0 Å². The molecule has 0 spiro atoms. The quantitative estimate of drug-likeness (QED) is 0.835. The monoisotopic (exact) mass is 288 g/mol.